The third-order valence-corrected chi connectivity index (χ3v) is 5.47. The Balaban J connectivity index is 2.91. The van der Waals surface area contributed by atoms with Crippen molar-refractivity contribution in [3.05, 3.63) is 39.6 Å². The van der Waals surface area contributed by atoms with Crippen molar-refractivity contribution in [2.24, 2.45) is 5.92 Å². The highest BCUT2D eigenvalue weighted by Crippen LogP contribution is 2.14. The highest BCUT2D eigenvalue weighted by atomic mass is 127. The fourth-order valence-corrected chi connectivity index (χ4v) is 3.44. The van der Waals surface area contributed by atoms with E-state index < -0.39 is 22.0 Å². The van der Waals surface area contributed by atoms with Crippen LogP contribution in [0.25, 0.3) is 0 Å². The van der Waals surface area contributed by atoms with Crippen molar-refractivity contribution in [3.8, 4) is 0 Å². The Bertz CT molecular complexity index is 685. The molecule has 0 fully saturated rings. The molecule has 0 bridgehead atoms. The number of amides is 1. The molecule has 0 saturated heterocycles. The average molecular weight is 465 g/mol. The lowest BCUT2D eigenvalue weighted by atomic mass is 10.0. The second-order valence-corrected chi connectivity index (χ2v) is 8.80. The molecule has 0 aliphatic heterocycles. The van der Waals surface area contributed by atoms with Gasteiger partial charge in [-0.05, 0) is 73.0 Å². The van der Waals surface area contributed by atoms with E-state index in [4.69, 9.17) is 0 Å². The van der Waals surface area contributed by atoms with Crippen LogP contribution in [0.2, 0.25) is 0 Å². The second-order valence-electron chi connectivity index (χ2n) is 5.84. The van der Waals surface area contributed by atoms with Gasteiger partial charge >= 0.3 is 0 Å². The molecule has 134 valence electrons. The molecule has 0 radical (unpaired) electrons. The molecule has 0 aromatic heterocycles. The molecule has 1 amide bonds. The summed E-state index contributed by atoms with van der Waals surface area (Å²) in [6.45, 7) is 7.50. The lowest BCUT2D eigenvalue weighted by Crippen LogP contribution is -2.50. The first kappa shape index (κ1) is 20.9. The Morgan fingerprint density at radius 2 is 1.79 bits per heavy atom. The summed E-state index contributed by atoms with van der Waals surface area (Å²) in [6, 6.07) is 5.62. The van der Waals surface area contributed by atoms with E-state index in [0.717, 1.165) is 9.27 Å². The van der Waals surface area contributed by atoms with Gasteiger partial charge in [-0.25, -0.2) is 8.42 Å². The topological polar surface area (TPSA) is 87.3 Å². The fourth-order valence-electron chi connectivity index (χ4n) is 1.87. The zero-order valence-corrected chi connectivity index (χ0v) is 17.2. The molecule has 1 aromatic rings. The van der Waals surface area contributed by atoms with Crippen LogP contribution in [0.4, 0.5) is 0 Å². The minimum Gasteiger partial charge on any atom is -0.303 e. The van der Waals surface area contributed by atoms with E-state index in [2.05, 4.69) is 38.2 Å². The minimum absolute atomic E-state index is 0.141. The maximum Gasteiger partial charge on any atom is 0.256 e. The van der Waals surface area contributed by atoms with E-state index in [0.29, 0.717) is 6.42 Å². The van der Waals surface area contributed by atoms with E-state index in [1.165, 1.54) is 12.1 Å². The standard InChI is InChI=1S/C16H24IN3O3S/c1-5-12(4)18-19-16(21)15(10-11(2)3)20-24(22,23)14-8-6-13(17)7-9-14/h5-9,11,15,18,20H,10H2,1-4H3,(H,19,21). The number of carbonyl (C=O) groups excluding carboxylic acids is 1. The number of rotatable bonds is 8. The number of hydrogen-bond donors (Lipinski definition) is 3. The van der Waals surface area contributed by atoms with Gasteiger partial charge in [-0.3, -0.25) is 10.2 Å². The molecular formula is C16H24IN3O3S. The number of carbonyl (C=O) groups is 1. The Kier molecular flexibility index (Phi) is 8.17. The molecular weight excluding hydrogens is 441 g/mol. The van der Waals surface area contributed by atoms with E-state index in [1.54, 1.807) is 25.1 Å². The van der Waals surface area contributed by atoms with E-state index in [-0.39, 0.29) is 10.8 Å². The van der Waals surface area contributed by atoms with Crippen molar-refractivity contribution in [2.75, 3.05) is 0 Å². The molecule has 1 rings (SSSR count). The van der Waals surface area contributed by atoms with Gasteiger partial charge in [0.05, 0.1) is 4.90 Å². The number of halogens is 1. The predicted octanol–water partition coefficient (Wildman–Crippen LogP) is 2.53. The summed E-state index contributed by atoms with van der Waals surface area (Å²) in [4.78, 5) is 12.5. The van der Waals surface area contributed by atoms with Crippen molar-refractivity contribution < 1.29 is 13.2 Å². The first-order valence-corrected chi connectivity index (χ1v) is 10.2. The summed E-state index contributed by atoms with van der Waals surface area (Å²) in [5, 5.41) is 0. The quantitative estimate of drug-likeness (QED) is 0.407. The van der Waals surface area contributed by atoms with Crippen molar-refractivity contribution in [2.45, 2.75) is 45.1 Å². The highest BCUT2D eigenvalue weighted by Gasteiger charge is 2.26. The summed E-state index contributed by atoms with van der Waals surface area (Å²) >= 11 is 2.10. The van der Waals surface area contributed by atoms with Crippen LogP contribution in [0.1, 0.15) is 34.1 Å². The maximum absolute atomic E-state index is 12.5. The maximum atomic E-state index is 12.5. The summed E-state index contributed by atoms with van der Waals surface area (Å²) < 4.78 is 28.5. The van der Waals surface area contributed by atoms with Crippen LogP contribution in [-0.2, 0) is 14.8 Å². The first-order chi connectivity index (χ1) is 11.2. The summed E-state index contributed by atoms with van der Waals surface area (Å²) in [6.07, 6.45) is 2.19. The molecule has 0 aliphatic carbocycles. The molecule has 6 nitrogen and oxygen atoms in total. The van der Waals surface area contributed by atoms with Gasteiger partial charge < -0.3 is 5.43 Å². The van der Waals surface area contributed by atoms with Crippen molar-refractivity contribution in [1.82, 2.24) is 15.6 Å². The van der Waals surface area contributed by atoms with E-state index in [1.807, 2.05) is 20.8 Å². The number of nitrogens with one attached hydrogen (secondary N) is 3. The molecule has 0 saturated carbocycles. The number of sulfonamides is 1. The molecule has 1 aromatic carbocycles. The molecule has 3 N–H and O–H groups in total. The molecule has 24 heavy (non-hydrogen) atoms. The van der Waals surface area contributed by atoms with Crippen LogP contribution in [-0.4, -0.2) is 20.4 Å². The normalized spacial score (nSPS) is 13.7. The van der Waals surface area contributed by atoms with Gasteiger partial charge in [0.25, 0.3) is 5.91 Å². The zero-order chi connectivity index (χ0) is 18.3. The van der Waals surface area contributed by atoms with Gasteiger partial charge in [0, 0.05) is 9.27 Å². The molecule has 0 aliphatic rings. The average Bonchev–Trinajstić information content (AvgIpc) is 2.51. The molecule has 0 heterocycles. The number of hydrogen-bond acceptors (Lipinski definition) is 4. The van der Waals surface area contributed by atoms with Crippen LogP contribution >= 0.6 is 22.6 Å². The molecule has 0 spiro atoms. The van der Waals surface area contributed by atoms with Crippen LogP contribution in [0.5, 0.6) is 0 Å². The lowest BCUT2D eigenvalue weighted by molar-refractivity contribution is -0.123. The summed E-state index contributed by atoms with van der Waals surface area (Å²) in [5.41, 5.74) is 6.05. The monoisotopic (exact) mass is 465 g/mol. The Hall–Kier alpha value is -1.13. The van der Waals surface area contributed by atoms with Gasteiger partial charge in [-0.1, -0.05) is 19.9 Å². The van der Waals surface area contributed by atoms with Crippen molar-refractivity contribution in [3.63, 3.8) is 0 Å². The summed E-state index contributed by atoms with van der Waals surface area (Å²) in [5.74, 6) is -0.262. The van der Waals surface area contributed by atoms with Crippen molar-refractivity contribution >= 4 is 38.5 Å². The van der Waals surface area contributed by atoms with E-state index in [9.17, 15) is 13.2 Å². The number of allylic oxidation sites excluding steroid dienone is 2. The second kappa shape index (κ2) is 9.38. The number of hydrazine groups is 1. The minimum atomic E-state index is -3.77. The van der Waals surface area contributed by atoms with Gasteiger partial charge in [0.15, 0.2) is 0 Å². The molecule has 8 heteroatoms. The first-order valence-electron chi connectivity index (χ1n) is 7.62. The third-order valence-electron chi connectivity index (χ3n) is 3.26. The SMILES string of the molecule is CC=C(C)NNC(=O)C(CC(C)C)NS(=O)(=O)c1ccc(I)cc1. The fraction of sp³-hybridized carbons (Fsp3) is 0.438. The number of benzene rings is 1. The Morgan fingerprint density at radius 1 is 1.21 bits per heavy atom. The highest BCUT2D eigenvalue weighted by molar-refractivity contribution is 14.1. The van der Waals surface area contributed by atoms with E-state index >= 15 is 0 Å². The largest absolute Gasteiger partial charge is 0.303 e. The molecule has 1 atom stereocenters. The van der Waals surface area contributed by atoms with Crippen LogP contribution in [0, 0.1) is 9.49 Å². The Morgan fingerprint density at radius 3 is 2.29 bits per heavy atom. The molecule has 1 unspecified atom stereocenters. The van der Waals surface area contributed by atoms with Gasteiger partial charge in [0.2, 0.25) is 10.0 Å². The zero-order valence-electron chi connectivity index (χ0n) is 14.3. The summed E-state index contributed by atoms with van der Waals surface area (Å²) in [7, 11) is -3.77. The van der Waals surface area contributed by atoms with Gasteiger partial charge in [-0.2, -0.15) is 4.72 Å². The smallest absolute Gasteiger partial charge is 0.256 e. The third kappa shape index (κ3) is 6.78. The van der Waals surface area contributed by atoms with Crippen LogP contribution in [0.15, 0.2) is 40.9 Å². The lowest BCUT2D eigenvalue weighted by Gasteiger charge is -2.21. The van der Waals surface area contributed by atoms with Gasteiger partial charge in [0.1, 0.15) is 6.04 Å². The van der Waals surface area contributed by atoms with Crippen LogP contribution in [0.3, 0.4) is 0 Å². The predicted molar refractivity (Wildman–Crippen MR) is 103 cm³/mol. The van der Waals surface area contributed by atoms with Crippen LogP contribution < -0.4 is 15.6 Å². The van der Waals surface area contributed by atoms with Crippen molar-refractivity contribution in [1.29, 1.82) is 0 Å². The Labute approximate surface area is 157 Å². The van der Waals surface area contributed by atoms with Gasteiger partial charge in [-0.15, -0.1) is 0 Å².